The van der Waals surface area contributed by atoms with Crippen molar-refractivity contribution in [1.82, 2.24) is 20.4 Å². The van der Waals surface area contributed by atoms with Crippen LogP contribution in [0.25, 0.3) is 0 Å². The number of nitrogens with one attached hydrogen (secondary N) is 2. The van der Waals surface area contributed by atoms with Crippen molar-refractivity contribution in [3.05, 3.63) is 83.7 Å². The van der Waals surface area contributed by atoms with Crippen LogP contribution in [0.1, 0.15) is 23.6 Å². The number of rotatable bonds is 8. The van der Waals surface area contributed by atoms with Gasteiger partial charge in [-0.1, -0.05) is 42.5 Å². The van der Waals surface area contributed by atoms with Crippen LogP contribution in [-0.4, -0.2) is 29.4 Å². The Kier molecular flexibility index (Phi) is 7.07. The third-order valence-electron chi connectivity index (χ3n) is 4.40. The van der Waals surface area contributed by atoms with Gasteiger partial charge < -0.3 is 15.4 Å². The van der Waals surface area contributed by atoms with Gasteiger partial charge in [0.25, 0.3) is 0 Å². The van der Waals surface area contributed by atoms with Crippen LogP contribution in [0, 0.1) is 0 Å². The molecule has 0 aliphatic carbocycles. The maximum absolute atomic E-state index is 5.69. The lowest BCUT2D eigenvalue weighted by Gasteiger charge is -2.16. The minimum atomic E-state index is 0.644. The summed E-state index contributed by atoms with van der Waals surface area (Å²) in [5, 5.41) is 11.1. The summed E-state index contributed by atoms with van der Waals surface area (Å²) in [5.41, 5.74) is 3.55. The Morgan fingerprint density at radius 2 is 1.64 bits per heavy atom. The van der Waals surface area contributed by atoms with Crippen LogP contribution in [0.15, 0.2) is 72.0 Å². The summed E-state index contributed by atoms with van der Waals surface area (Å²) in [6.45, 7) is 4.72. The zero-order chi connectivity index (χ0) is 19.6. The molecule has 0 aliphatic rings. The predicted molar refractivity (Wildman–Crippen MR) is 112 cm³/mol. The molecule has 3 rings (SSSR count). The highest BCUT2D eigenvalue weighted by molar-refractivity contribution is 5.79. The first-order valence-electron chi connectivity index (χ1n) is 9.49. The van der Waals surface area contributed by atoms with E-state index in [9.17, 15) is 0 Å². The maximum atomic E-state index is 5.69. The van der Waals surface area contributed by atoms with Crippen LogP contribution in [-0.2, 0) is 19.6 Å². The molecule has 1 heterocycles. The fraction of sp³-hybridized carbons (Fsp3) is 0.273. The Morgan fingerprint density at radius 3 is 2.32 bits per heavy atom. The molecule has 0 amide bonds. The molecule has 0 spiro atoms. The molecule has 0 saturated carbocycles. The molecule has 0 fully saturated rings. The zero-order valence-corrected chi connectivity index (χ0v) is 16.4. The van der Waals surface area contributed by atoms with Gasteiger partial charge in [-0.2, -0.15) is 5.10 Å². The van der Waals surface area contributed by atoms with Crippen molar-refractivity contribution >= 4 is 5.96 Å². The first kappa shape index (κ1) is 19.5. The largest absolute Gasteiger partial charge is 0.494 e. The van der Waals surface area contributed by atoms with E-state index in [1.807, 2.05) is 42.1 Å². The van der Waals surface area contributed by atoms with Crippen molar-refractivity contribution in [1.29, 1.82) is 0 Å². The Morgan fingerprint density at radius 1 is 0.964 bits per heavy atom. The Hall–Kier alpha value is -3.28. The summed E-state index contributed by atoms with van der Waals surface area (Å²) >= 11 is 0. The second-order valence-electron chi connectivity index (χ2n) is 6.29. The fourth-order valence-electron chi connectivity index (χ4n) is 2.98. The number of aromatic nitrogens is 2. The zero-order valence-electron chi connectivity index (χ0n) is 16.4. The van der Waals surface area contributed by atoms with Crippen LogP contribution in [0.3, 0.4) is 0 Å². The number of benzene rings is 2. The number of nitrogens with zero attached hydrogens (tertiary/aromatic N) is 3. The lowest BCUT2D eigenvalue weighted by molar-refractivity contribution is 0.336. The van der Waals surface area contributed by atoms with E-state index in [2.05, 4.69) is 51.1 Å². The van der Waals surface area contributed by atoms with E-state index in [4.69, 9.17) is 4.74 Å². The van der Waals surface area contributed by atoms with Crippen LogP contribution < -0.4 is 15.4 Å². The van der Waals surface area contributed by atoms with Crippen molar-refractivity contribution in [2.45, 2.75) is 26.6 Å². The quantitative estimate of drug-likeness (QED) is 0.467. The van der Waals surface area contributed by atoms with Gasteiger partial charge in [0, 0.05) is 38.1 Å². The number of hydrogen-bond donors (Lipinski definition) is 2. The van der Waals surface area contributed by atoms with Gasteiger partial charge in [-0.15, -0.1) is 0 Å². The minimum absolute atomic E-state index is 0.644. The molecule has 146 valence electrons. The average Bonchev–Trinajstić information content (AvgIpc) is 3.23. The third kappa shape index (κ3) is 5.36. The minimum Gasteiger partial charge on any atom is -0.494 e. The van der Waals surface area contributed by atoms with Gasteiger partial charge in [-0.05, 0) is 30.2 Å². The molecule has 6 nitrogen and oxygen atoms in total. The standard InChI is InChI=1S/C22H27N5O/c1-3-28-21-12-7-6-10-19(21)16-25-22(23-2)24-15-18-9-4-5-11-20(18)17-27-14-8-13-26-27/h4-14H,3,15-17H2,1-2H3,(H2,23,24,25). The SMILES string of the molecule is CCOc1ccccc1CNC(=NC)NCc1ccccc1Cn1cccn1. The molecule has 3 aromatic rings. The number of guanidine groups is 1. The molecule has 6 heteroatoms. The molecule has 0 bridgehead atoms. The summed E-state index contributed by atoms with van der Waals surface area (Å²) < 4.78 is 7.62. The van der Waals surface area contributed by atoms with E-state index in [1.165, 1.54) is 11.1 Å². The number of hydrogen-bond acceptors (Lipinski definition) is 3. The molecule has 0 radical (unpaired) electrons. The van der Waals surface area contributed by atoms with Crippen molar-refractivity contribution in [3.8, 4) is 5.75 Å². The number of ether oxygens (including phenoxy) is 1. The lowest BCUT2D eigenvalue weighted by atomic mass is 10.1. The van der Waals surface area contributed by atoms with E-state index < -0.39 is 0 Å². The second-order valence-corrected chi connectivity index (χ2v) is 6.29. The van der Waals surface area contributed by atoms with Crippen molar-refractivity contribution < 1.29 is 4.74 Å². The smallest absolute Gasteiger partial charge is 0.191 e. The monoisotopic (exact) mass is 377 g/mol. The van der Waals surface area contributed by atoms with Crippen molar-refractivity contribution in [2.75, 3.05) is 13.7 Å². The van der Waals surface area contributed by atoms with Crippen molar-refractivity contribution in [3.63, 3.8) is 0 Å². The molecule has 0 atom stereocenters. The first-order chi connectivity index (χ1) is 13.8. The van der Waals surface area contributed by atoms with Crippen LogP contribution in [0.5, 0.6) is 5.75 Å². The number of aliphatic imine (C=N–C) groups is 1. The molecule has 28 heavy (non-hydrogen) atoms. The van der Waals surface area contributed by atoms with Crippen LogP contribution >= 0.6 is 0 Å². The average molecular weight is 377 g/mol. The van der Waals surface area contributed by atoms with E-state index in [0.717, 1.165) is 23.8 Å². The van der Waals surface area contributed by atoms with Gasteiger partial charge in [-0.3, -0.25) is 9.67 Å². The Bertz CT molecular complexity index is 889. The van der Waals surface area contributed by atoms with Gasteiger partial charge in [0.2, 0.25) is 0 Å². The predicted octanol–water partition coefficient (Wildman–Crippen LogP) is 3.20. The molecule has 0 aliphatic heterocycles. The topological polar surface area (TPSA) is 63.5 Å². The number of para-hydroxylation sites is 1. The Balaban J connectivity index is 1.59. The van der Waals surface area contributed by atoms with Crippen LogP contribution in [0.2, 0.25) is 0 Å². The molecule has 1 aromatic heterocycles. The molecule has 2 aromatic carbocycles. The van der Waals surface area contributed by atoms with E-state index in [0.29, 0.717) is 19.7 Å². The third-order valence-corrected chi connectivity index (χ3v) is 4.40. The Labute approximate surface area is 166 Å². The second kappa shape index (κ2) is 10.2. The van der Waals surface area contributed by atoms with Gasteiger partial charge in [0.05, 0.1) is 13.2 Å². The van der Waals surface area contributed by atoms with E-state index in [1.54, 1.807) is 13.2 Å². The van der Waals surface area contributed by atoms with E-state index >= 15 is 0 Å². The molecule has 2 N–H and O–H groups in total. The molecular weight excluding hydrogens is 350 g/mol. The van der Waals surface area contributed by atoms with E-state index in [-0.39, 0.29) is 0 Å². The summed E-state index contributed by atoms with van der Waals surface area (Å²) in [6, 6.07) is 18.4. The van der Waals surface area contributed by atoms with Crippen molar-refractivity contribution in [2.24, 2.45) is 4.99 Å². The highest BCUT2D eigenvalue weighted by Crippen LogP contribution is 2.17. The fourth-order valence-corrected chi connectivity index (χ4v) is 2.98. The summed E-state index contributed by atoms with van der Waals surface area (Å²) in [5.74, 6) is 1.65. The normalized spacial score (nSPS) is 11.3. The highest BCUT2D eigenvalue weighted by atomic mass is 16.5. The lowest BCUT2D eigenvalue weighted by Crippen LogP contribution is -2.36. The summed E-state index contributed by atoms with van der Waals surface area (Å²) in [7, 11) is 1.78. The van der Waals surface area contributed by atoms with Gasteiger partial charge >= 0.3 is 0 Å². The first-order valence-corrected chi connectivity index (χ1v) is 9.49. The van der Waals surface area contributed by atoms with Gasteiger partial charge in [-0.25, -0.2) is 0 Å². The maximum Gasteiger partial charge on any atom is 0.191 e. The van der Waals surface area contributed by atoms with Crippen LogP contribution in [0.4, 0.5) is 0 Å². The molecule has 0 saturated heterocycles. The highest BCUT2D eigenvalue weighted by Gasteiger charge is 2.06. The van der Waals surface area contributed by atoms with Gasteiger partial charge in [0.1, 0.15) is 5.75 Å². The summed E-state index contributed by atoms with van der Waals surface area (Å²) in [6.07, 6.45) is 3.77. The van der Waals surface area contributed by atoms with Gasteiger partial charge in [0.15, 0.2) is 5.96 Å². The molecular formula is C22H27N5O. The molecule has 0 unspecified atom stereocenters. The summed E-state index contributed by atoms with van der Waals surface area (Å²) in [4.78, 5) is 4.34.